The molecule has 0 bridgehead atoms. The number of unbranched alkanes of at least 4 members (excludes halogenated alkanes) is 13. The highest BCUT2D eigenvalue weighted by molar-refractivity contribution is 7.57. The molecule has 0 aromatic carbocycles. The van der Waals surface area contributed by atoms with E-state index in [0.717, 1.165) is 43.3 Å². The molecule has 1 heterocycles. The summed E-state index contributed by atoms with van der Waals surface area (Å²) in [5.74, 6) is 0.480. The lowest BCUT2D eigenvalue weighted by molar-refractivity contribution is -0.896. The van der Waals surface area contributed by atoms with E-state index in [1.807, 2.05) is 0 Å². The average molecular weight is 452 g/mol. The number of piperidine rings is 1. The second-order valence-electron chi connectivity index (χ2n) is 10.2. The van der Waals surface area contributed by atoms with Gasteiger partial charge >= 0.3 is 0 Å². The molecule has 5 heteroatoms. The summed E-state index contributed by atoms with van der Waals surface area (Å²) < 4.78 is 13.6. The highest BCUT2D eigenvalue weighted by Gasteiger charge is 2.31. The second kappa shape index (κ2) is 17.0. The van der Waals surface area contributed by atoms with Crippen LogP contribution in [0, 0.1) is 5.92 Å². The lowest BCUT2D eigenvalue weighted by atomic mass is 9.98. The van der Waals surface area contributed by atoms with Gasteiger partial charge in [0.1, 0.15) is 0 Å². The first-order valence-corrected chi connectivity index (χ1v) is 14.5. The van der Waals surface area contributed by atoms with Crippen LogP contribution in [-0.4, -0.2) is 48.9 Å². The number of hydrogen-bond acceptors (Lipinski definition) is 1. The molecule has 0 saturated carbocycles. The highest BCUT2D eigenvalue weighted by Crippen LogP contribution is 2.45. The Morgan fingerprint density at radius 2 is 1.14 bits per heavy atom. The van der Waals surface area contributed by atoms with Crippen molar-refractivity contribution in [3.63, 3.8) is 0 Å². The molecular weight excluding hydrogens is 401 g/mol. The summed E-state index contributed by atoms with van der Waals surface area (Å²) in [6.45, 7) is 4.59. The number of halogens is 1. The summed E-state index contributed by atoms with van der Waals surface area (Å²) >= 11 is 0. The van der Waals surface area contributed by atoms with E-state index >= 15 is 0 Å². The maximum absolute atomic E-state index is 12.5. The van der Waals surface area contributed by atoms with Crippen LogP contribution >= 0.6 is 7.37 Å². The molecule has 0 aromatic heterocycles. The third-order valence-electron chi connectivity index (χ3n) is 6.69. The van der Waals surface area contributed by atoms with Gasteiger partial charge in [0.2, 0.25) is 7.37 Å². The summed E-state index contributed by atoms with van der Waals surface area (Å²) in [6, 6.07) is 0. The summed E-state index contributed by atoms with van der Waals surface area (Å²) in [4.78, 5) is 10.3. The first-order valence-electron chi connectivity index (χ1n) is 12.5. The van der Waals surface area contributed by atoms with Gasteiger partial charge in [0, 0.05) is 25.2 Å². The third kappa shape index (κ3) is 16.8. The van der Waals surface area contributed by atoms with Gasteiger partial charge in [0.25, 0.3) is 0 Å². The van der Waals surface area contributed by atoms with Crippen molar-refractivity contribution < 1.29 is 26.3 Å². The molecule has 0 spiro atoms. The topological polar surface area (TPSA) is 37.3 Å². The lowest BCUT2D eigenvalue weighted by Gasteiger charge is -2.37. The molecule has 176 valence electrons. The average Bonchev–Trinajstić information content (AvgIpc) is 2.63. The van der Waals surface area contributed by atoms with E-state index in [1.54, 1.807) is 0 Å². The van der Waals surface area contributed by atoms with Crippen molar-refractivity contribution in [1.29, 1.82) is 0 Å². The minimum atomic E-state index is -2.89. The van der Waals surface area contributed by atoms with Crippen molar-refractivity contribution in [3.8, 4) is 0 Å². The molecule has 1 aliphatic heterocycles. The highest BCUT2D eigenvalue weighted by atomic mass is 35.5. The molecule has 1 unspecified atom stereocenters. The molecule has 1 aliphatic rings. The predicted molar refractivity (Wildman–Crippen MR) is 124 cm³/mol. The zero-order valence-corrected chi connectivity index (χ0v) is 21.5. The molecule has 0 aliphatic carbocycles. The zero-order valence-electron chi connectivity index (χ0n) is 19.8. The fourth-order valence-electron chi connectivity index (χ4n) is 4.55. The Kier molecular flexibility index (Phi) is 17.3. The standard InChI is InChI=1S/C24H50NO2P.ClH/c1-4-5-6-7-8-9-10-11-12-13-14-15-16-17-22-28(26,27)23-24-18-20-25(2,3)21-19-24;/h24H,4-23H2,1-3H3;1H. The van der Waals surface area contributed by atoms with Crippen LogP contribution in [0.2, 0.25) is 0 Å². The normalized spacial score (nSPS) is 18.9. The summed E-state index contributed by atoms with van der Waals surface area (Å²) in [5.41, 5.74) is 0. The Balaban J connectivity index is 0.00000784. The number of likely N-dealkylation sites (tertiary alicyclic amines) is 1. The van der Waals surface area contributed by atoms with E-state index in [4.69, 9.17) is 0 Å². The Hall–Kier alpha value is 0.440. The van der Waals surface area contributed by atoms with Crippen LogP contribution in [0.3, 0.4) is 0 Å². The van der Waals surface area contributed by atoms with E-state index in [0.29, 0.717) is 18.2 Å². The quantitative estimate of drug-likeness (QED) is 0.204. The van der Waals surface area contributed by atoms with E-state index in [-0.39, 0.29) is 12.4 Å². The smallest absolute Gasteiger partial charge is 0.200 e. The van der Waals surface area contributed by atoms with Gasteiger partial charge in [-0.15, -0.1) is 0 Å². The molecule has 0 radical (unpaired) electrons. The van der Waals surface area contributed by atoms with E-state index in [9.17, 15) is 9.46 Å². The molecule has 1 atom stereocenters. The number of quaternary nitrogens is 1. The molecule has 0 amide bonds. The maximum atomic E-state index is 12.5. The third-order valence-corrected chi connectivity index (χ3v) is 8.79. The van der Waals surface area contributed by atoms with Crippen molar-refractivity contribution >= 4 is 7.37 Å². The Morgan fingerprint density at radius 1 is 0.759 bits per heavy atom. The van der Waals surface area contributed by atoms with Crippen LogP contribution in [0.5, 0.6) is 0 Å². The molecular formula is C24H51ClNO2P. The first-order chi connectivity index (χ1) is 13.3. The van der Waals surface area contributed by atoms with Gasteiger partial charge in [-0.05, 0) is 12.3 Å². The van der Waals surface area contributed by atoms with Gasteiger partial charge in [-0.3, -0.25) is 4.57 Å². The Bertz CT molecular complexity index is 421. The first kappa shape index (κ1) is 29.4. The van der Waals surface area contributed by atoms with Crippen LogP contribution in [-0.2, 0) is 4.57 Å². The second-order valence-corrected chi connectivity index (χ2v) is 12.7. The van der Waals surface area contributed by atoms with E-state index < -0.39 is 7.37 Å². The molecule has 29 heavy (non-hydrogen) atoms. The molecule has 1 N–H and O–H groups in total. The Labute approximate surface area is 188 Å². The fraction of sp³-hybridized carbons (Fsp3) is 1.00. The van der Waals surface area contributed by atoms with Gasteiger partial charge in [-0.2, -0.15) is 0 Å². The van der Waals surface area contributed by atoms with Gasteiger partial charge in [0.15, 0.2) is 0 Å². The minimum absolute atomic E-state index is 0. The van der Waals surface area contributed by atoms with Crippen molar-refractivity contribution in [2.75, 3.05) is 39.5 Å². The van der Waals surface area contributed by atoms with Gasteiger partial charge in [0.05, 0.1) is 27.2 Å². The van der Waals surface area contributed by atoms with Crippen molar-refractivity contribution in [2.24, 2.45) is 5.92 Å². The number of rotatable bonds is 17. The number of nitrogens with zero attached hydrogens (tertiary/aromatic N) is 1. The summed E-state index contributed by atoms with van der Waals surface area (Å²) in [6.07, 6.45) is 22.0. The zero-order chi connectivity index (χ0) is 20.7. The van der Waals surface area contributed by atoms with Crippen molar-refractivity contribution in [2.45, 2.75) is 110 Å². The predicted octanol–water partition coefficient (Wildman–Crippen LogP) is 4.23. The van der Waals surface area contributed by atoms with Gasteiger partial charge in [-0.25, -0.2) is 0 Å². The van der Waals surface area contributed by atoms with Crippen LogP contribution < -0.4 is 12.4 Å². The molecule has 1 fully saturated rings. The van der Waals surface area contributed by atoms with Crippen molar-refractivity contribution in [1.82, 2.24) is 0 Å². The summed E-state index contributed by atoms with van der Waals surface area (Å²) in [5, 5.41) is 0. The molecule has 1 saturated heterocycles. The maximum Gasteiger partial charge on any atom is 0.200 e. The van der Waals surface area contributed by atoms with Crippen LogP contribution in [0.15, 0.2) is 0 Å². The largest absolute Gasteiger partial charge is 1.00 e. The molecule has 3 nitrogen and oxygen atoms in total. The molecule has 0 aromatic rings. The van der Waals surface area contributed by atoms with Crippen LogP contribution in [0.1, 0.15) is 110 Å². The van der Waals surface area contributed by atoms with Crippen LogP contribution in [0.25, 0.3) is 0 Å². The lowest BCUT2D eigenvalue weighted by Crippen LogP contribution is -3.00. The SMILES string of the molecule is CCCCCCCCCCCCCCCCP(=O)(O)CC1CC[N+](C)(C)CC1.[Cl-]. The Morgan fingerprint density at radius 3 is 1.55 bits per heavy atom. The fourth-order valence-corrected chi connectivity index (χ4v) is 6.62. The van der Waals surface area contributed by atoms with Gasteiger partial charge < -0.3 is 21.8 Å². The van der Waals surface area contributed by atoms with E-state index in [1.165, 1.54) is 77.0 Å². The number of hydrogen-bond donors (Lipinski definition) is 1. The van der Waals surface area contributed by atoms with Crippen molar-refractivity contribution in [3.05, 3.63) is 0 Å². The minimum Gasteiger partial charge on any atom is -1.00 e. The summed E-state index contributed by atoms with van der Waals surface area (Å²) in [7, 11) is 1.64. The monoisotopic (exact) mass is 451 g/mol. The van der Waals surface area contributed by atoms with Crippen LogP contribution in [0.4, 0.5) is 0 Å². The van der Waals surface area contributed by atoms with Gasteiger partial charge in [-0.1, -0.05) is 90.4 Å². The van der Waals surface area contributed by atoms with E-state index in [2.05, 4.69) is 21.0 Å². The molecule has 1 rings (SSSR count).